The first-order chi connectivity index (χ1) is 6.56. The van der Waals surface area contributed by atoms with E-state index < -0.39 is 11.8 Å². The molecule has 3 N–H and O–H groups in total. The molecule has 0 aliphatic heterocycles. The molecule has 0 aliphatic carbocycles. The summed E-state index contributed by atoms with van der Waals surface area (Å²) in [6.07, 6.45) is 0.765. The molecular weight excluding hydrogens is 186 g/mol. The van der Waals surface area contributed by atoms with Gasteiger partial charge in [0, 0.05) is 5.71 Å². The first-order valence-electron chi connectivity index (χ1n) is 3.83. The number of nitrogens with zero attached hydrogens (tertiary/aromatic N) is 3. The normalized spacial score (nSPS) is 9.93. The van der Waals surface area contributed by atoms with Crippen molar-refractivity contribution in [3.8, 4) is 0 Å². The summed E-state index contributed by atoms with van der Waals surface area (Å²) >= 11 is 0. The minimum Gasteiger partial charge on any atom is -0.490 e. The third-order valence-electron chi connectivity index (χ3n) is 1.01. The Bertz CT molecular complexity index is 298. The molecule has 0 heterocycles. The molecule has 0 saturated heterocycles. The summed E-state index contributed by atoms with van der Waals surface area (Å²) in [5, 5.41) is 22.8. The van der Waals surface area contributed by atoms with Crippen molar-refractivity contribution >= 4 is 11.6 Å². The van der Waals surface area contributed by atoms with Gasteiger partial charge >= 0.3 is 6.20 Å². The molecule has 1 amide bonds. The van der Waals surface area contributed by atoms with Gasteiger partial charge in [0.2, 0.25) is 5.39 Å². The molecule has 76 valence electrons. The first kappa shape index (κ1) is 11.9. The van der Waals surface area contributed by atoms with Gasteiger partial charge in [-0.25, -0.2) is 5.43 Å². The maximum absolute atomic E-state index is 10.9. The van der Waals surface area contributed by atoms with Gasteiger partial charge in [-0.15, -0.1) is 0 Å². The first-order valence-corrected chi connectivity index (χ1v) is 3.83. The van der Waals surface area contributed by atoms with Crippen molar-refractivity contribution in [1.82, 2.24) is 10.7 Å². The fourth-order valence-electron chi connectivity index (χ4n) is 0.485. The highest BCUT2D eigenvalue weighted by Gasteiger charge is 2.02. The summed E-state index contributed by atoms with van der Waals surface area (Å²) in [5.41, 5.74) is 2.95. The van der Waals surface area contributed by atoms with Gasteiger partial charge < -0.3 is 10.4 Å². The van der Waals surface area contributed by atoms with Crippen molar-refractivity contribution in [3.63, 3.8) is 0 Å². The number of hydrazone groups is 1. The lowest BCUT2D eigenvalue weighted by molar-refractivity contribution is -0.120. The third-order valence-corrected chi connectivity index (χ3v) is 1.01. The van der Waals surface area contributed by atoms with Crippen LogP contribution in [0.3, 0.4) is 0 Å². The molecule has 14 heavy (non-hydrogen) atoms. The second-order valence-corrected chi connectivity index (χ2v) is 2.58. The van der Waals surface area contributed by atoms with E-state index in [1.807, 2.05) is 0 Å². The maximum Gasteiger partial charge on any atom is 0.409 e. The van der Waals surface area contributed by atoms with Gasteiger partial charge in [-0.2, -0.15) is 5.10 Å². The Morgan fingerprint density at radius 1 is 1.64 bits per heavy atom. The summed E-state index contributed by atoms with van der Waals surface area (Å²) in [5.74, 6) is -0.816. The second-order valence-electron chi connectivity index (χ2n) is 2.58. The van der Waals surface area contributed by atoms with Gasteiger partial charge in [-0.3, -0.25) is 4.79 Å². The smallest absolute Gasteiger partial charge is 0.409 e. The highest BCUT2D eigenvalue weighted by atomic mass is 16.3. The van der Waals surface area contributed by atoms with Crippen LogP contribution in [0, 0.1) is 5.39 Å². The lowest BCUT2D eigenvalue weighted by Crippen LogP contribution is -2.30. The molecule has 0 fully saturated rings. The minimum absolute atomic E-state index is 0.158. The molecule has 0 radical (unpaired) electrons. The van der Waals surface area contributed by atoms with E-state index in [-0.39, 0.29) is 6.54 Å². The fourth-order valence-corrected chi connectivity index (χ4v) is 0.485. The largest absolute Gasteiger partial charge is 0.490 e. The Morgan fingerprint density at radius 3 is 2.79 bits per heavy atom. The SMILES string of the molecule is CC(C)=NNC(=O)CN/C(O)=C\[N+]#N. The molecule has 7 heteroatoms. The summed E-state index contributed by atoms with van der Waals surface area (Å²) in [4.78, 5) is 13.5. The molecular formula is C7H12N5O2+. The lowest BCUT2D eigenvalue weighted by atomic mass is 10.5. The van der Waals surface area contributed by atoms with E-state index in [0.717, 1.165) is 6.20 Å². The molecule has 0 unspecified atom stereocenters. The zero-order valence-corrected chi connectivity index (χ0v) is 7.98. The van der Waals surface area contributed by atoms with Crippen molar-refractivity contribution in [2.45, 2.75) is 13.8 Å². The predicted molar refractivity (Wildman–Crippen MR) is 50.7 cm³/mol. The lowest BCUT2D eigenvalue weighted by Gasteiger charge is -2.00. The second kappa shape index (κ2) is 6.42. The number of diazo groups is 1. The van der Waals surface area contributed by atoms with Gasteiger partial charge in [-0.05, 0) is 13.8 Å². The Balaban J connectivity index is 3.82. The highest BCUT2D eigenvalue weighted by Crippen LogP contribution is 1.81. The molecule has 0 aromatic rings. The number of carbonyl (C=O) groups is 1. The van der Waals surface area contributed by atoms with Crippen LogP contribution in [0.25, 0.3) is 4.98 Å². The zero-order chi connectivity index (χ0) is 11.0. The van der Waals surface area contributed by atoms with E-state index in [9.17, 15) is 4.79 Å². The van der Waals surface area contributed by atoms with Crippen molar-refractivity contribution in [2.24, 2.45) is 5.10 Å². The van der Waals surface area contributed by atoms with Crippen molar-refractivity contribution in [3.05, 3.63) is 17.1 Å². The number of rotatable bonds is 4. The monoisotopic (exact) mass is 198 g/mol. The van der Waals surface area contributed by atoms with Gasteiger partial charge in [-0.1, -0.05) is 0 Å². The Kier molecular flexibility index (Phi) is 5.46. The standard InChI is InChI=1S/C7H11N5O2/c1-5(2)11-12-7(14)3-9-6(13)4-10-8/h4,9H,3H2,1-2H3,(H-,12,13,14)/p+1/b6-4+. The van der Waals surface area contributed by atoms with Crippen LogP contribution < -0.4 is 10.7 Å². The number of nitrogens with one attached hydrogen (secondary N) is 2. The molecule has 0 rings (SSSR count). The van der Waals surface area contributed by atoms with Crippen LogP contribution in [0.5, 0.6) is 0 Å². The minimum atomic E-state index is -0.413. The van der Waals surface area contributed by atoms with Gasteiger partial charge in [0.15, 0.2) is 4.98 Å². The molecule has 0 atom stereocenters. The van der Waals surface area contributed by atoms with Crippen LogP contribution in [0.2, 0.25) is 0 Å². The molecule has 0 spiro atoms. The van der Waals surface area contributed by atoms with Gasteiger partial charge in [0.25, 0.3) is 11.8 Å². The molecule has 0 bridgehead atoms. The third kappa shape index (κ3) is 6.60. The number of aliphatic hydroxyl groups excluding tert-OH is 1. The van der Waals surface area contributed by atoms with Crippen molar-refractivity contribution in [1.29, 1.82) is 5.39 Å². The van der Waals surface area contributed by atoms with E-state index in [4.69, 9.17) is 10.5 Å². The Hall–Kier alpha value is -2.10. The van der Waals surface area contributed by atoms with Crippen LogP contribution in [-0.2, 0) is 4.79 Å². The van der Waals surface area contributed by atoms with Crippen LogP contribution in [0.15, 0.2) is 17.2 Å². The summed E-state index contributed by atoms with van der Waals surface area (Å²) in [7, 11) is 0. The molecule has 7 nitrogen and oxygen atoms in total. The fraction of sp³-hybridized carbons (Fsp3) is 0.429. The zero-order valence-electron chi connectivity index (χ0n) is 7.98. The number of hydrogen-bond acceptors (Lipinski definition) is 5. The van der Waals surface area contributed by atoms with E-state index >= 15 is 0 Å². The predicted octanol–water partition coefficient (Wildman–Crippen LogP) is 0.298. The Labute approximate surface area is 81.1 Å². The van der Waals surface area contributed by atoms with Crippen LogP contribution in [0.4, 0.5) is 0 Å². The van der Waals surface area contributed by atoms with Crippen LogP contribution >= 0.6 is 0 Å². The molecule has 0 aromatic heterocycles. The number of aliphatic hydroxyl groups is 1. The van der Waals surface area contributed by atoms with E-state index in [2.05, 4.69) is 20.8 Å². The maximum atomic E-state index is 10.9. The van der Waals surface area contributed by atoms with Gasteiger partial charge in [0.1, 0.15) is 0 Å². The van der Waals surface area contributed by atoms with Crippen LogP contribution in [-0.4, -0.2) is 23.3 Å². The molecule has 0 aromatic carbocycles. The average molecular weight is 198 g/mol. The van der Waals surface area contributed by atoms with Crippen molar-refractivity contribution < 1.29 is 9.90 Å². The summed E-state index contributed by atoms with van der Waals surface area (Å²) < 4.78 is 0. The highest BCUT2D eigenvalue weighted by molar-refractivity contribution is 5.83. The molecule has 0 saturated carbocycles. The number of amides is 1. The van der Waals surface area contributed by atoms with E-state index in [0.29, 0.717) is 5.71 Å². The van der Waals surface area contributed by atoms with Crippen molar-refractivity contribution in [2.75, 3.05) is 6.54 Å². The Morgan fingerprint density at radius 2 is 2.29 bits per heavy atom. The summed E-state index contributed by atoms with van der Waals surface area (Å²) in [6, 6.07) is 0. The topological polar surface area (TPSA) is 102 Å². The number of hydrogen-bond donors (Lipinski definition) is 3. The average Bonchev–Trinajstić information content (AvgIpc) is 2.12. The quantitative estimate of drug-likeness (QED) is 0.261. The van der Waals surface area contributed by atoms with Crippen LogP contribution in [0.1, 0.15) is 13.8 Å². The molecule has 0 aliphatic rings. The number of carbonyl (C=O) groups excluding carboxylic acids is 1. The van der Waals surface area contributed by atoms with Gasteiger partial charge in [0.05, 0.1) is 6.54 Å². The van der Waals surface area contributed by atoms with E-state index in [1.165, 1.54) is 0 Å². The van der Waals surface area contributed by atoms with E-state index in [1.54, 1.807) is 13.8 Å². The summed E-state index contributed by atoms with van der Waals surface area (Å²) in [6.45, 7) is 3.31.